The van der Waals surface area contributed by atoms with Crippen molar-refractivity contribution in [3.63, 3.8) is 0 Å². The summed E-state index contributed by atoms with van der Waals surface area (Å²) in [6.07, 6.45) is 1.02. The van der Waals surface area contributed by atoms with E-state index >= 15 is 0 Å². The second kappa shape index (κ2) is 7.79. The van der Waals surface area contributed by atoms with E-state index in [1.807, 2.05) is 51.1 Å². The molecule has 1 aromatic rings. The zero-order valence-electron chi connectivity index (χ0n) is 14.3. The van der Waals surface area contributed by atoms with Crippen LogP contribution < -0.4 is 5.32 Å². The van der Waals surface area contributed by atoms with Crippen molar-refractivity contribution in [2.75, 3.05) is 19.6 Å². The molecular weight excluding hydrogens is 292 g/mol. The highest BCUT2D eigenvalue weighted by molar-refractivity contribution is 5.68. The lowest BCUT2D eigenvalue weighted by atomic mass is 10.0. The Kier molecular flexibility index (Phi) is 6.02. The Bertz CT molecular complexity index is 491. The van der Waals surface area contributed by atoms with E-state index in [0.29, 0.717) is 25.7 Å². The van der Waals surface area contributed by atoms with Gasteiger partial charge in [-0.1, -0.05) is 30.3 Å². The van der Waals surface area contributed by atoms with Crippen molar-refractivity contribution in [1.82, 2.24) is 10.2 Å². The fourth-order valence-electron chi connectivity index (χ4n) is 2.66. The Morgan fingerprint density at radius 2 is 1.91 bits per heavy atom. The molecule has 5 nitrogen and oxygen atoms in total. The number of hydrogen-bond donors (Lipinski definition) is 2. The third kappa shape index (κ3) is 5.84. The van der Waals surface area contributed by atoms with Crippen LogP contribution in [0.3, 0.4) is 0 Å². The van der Waals surface area contributed by atoms with Crippen LogP contribution in [0.5, 0.6) is 0 Å². The standard InChI is InChI=1S/C18H28N2O3/c1-18(2,3)23-17(22)20-11-9-15(10-12-20)19-13-16(21)14-7-5-4-6-8-14/h4-8,15-16,19,21H,9-13H2,1-3H3. The van der Waals surface area contributed by atoms with Crippen LogP contribution in [-0.2, 0) is 4.74 Å². The molecule has 128 valence electrons. The van der Waals surface area contributed by atoms with E-state index in [2.05, 4.69) is 5.32 Å². The topological polar surface area (TPSA) is 61.8 Å². The lowest BCUT2D eigenvalue weighted by Crippen LogP contribution is -2.47. The highest BCUT2D eigenvalue weighted by Crippen LogP contribution is 2.17. The molecule has 0 bridgehead atoms. The van der Waals surface area contributed by atoms with Gasteiger partial charge < -0.3 is 20.1 Å². The monoisotopic (exact) mass is 320 g/mol. The molecule has 0 saturated carbocycles. The maximum atomic E-state index is 12.0. The Morgan fingerprint density at radius 3 is 2.48 bits per heavy atom. The normalized spacial score (nSPS) is 17.8. The number of nitrogens with zero attached hydrogens (tertiary/aromatic N) is 1. The molecule has 0 aromatic heterocycles. The molecule has 1 atom stereocenters. The molecular formula is C18H28N2O3. The number of benzene rings is 1. The van der Waals surface area contributed by atoms with E-state index in [-0.39, 0.29) is 6.09 Å². The summed E-state index contributed by atoms with van der Waals surface area (Å²) in [7, 11) is 0. The number of carbonyl (C=O) groups is 1. The summed E-state index contributed by atoms with van der Waals surface area (Å²) in [6, 6.07) is 9.98. The molecule has 1 heterocycles. The number of aliphatic hydroxyl groups is 1. The van der Waals surface area contributed by atoms with Crippen LogP contribution in [0.1, 0.15) is 45.3 Å². The minimum Gasteiger partial charge on any atom is -0.444 e. The largest absolute Gasteiger partial charge is 0.444 e. The van der Waals surface area contributed by atoms with E-state index in [4.69, 9.17) is 4.74 Å². The molecule has 5 heteroatoms. The zero-order chi connectivity index (χ0) is 16.9. The number of likely N-dealkylation sites (tertiary alicyclic amines) is 1. The van der Waals surface area contributed by atoms with E-state index < -0.39 is 11.7 Å². The zero-order valence-corrected chi connectivity index (χ0v) is 14.3. The Hall–Kier alpha value is -1.59. The first-order valence-electron chi connectivity index (χ1n) is 8.29. The molecule has 1 aliphatic rings. The van der Waals surface area contributed by atoms with E-state index in [1.54, 1.807) is 4.90 Å². The van der Waals surface area contributed by atoms with Gasteiger partial charge in [-0.05, 0) is 39.2 Å². The number of aliphatic hydroxyl groups excluding tert-OH is 1. The summed E-state index contributed by atoms with van der Waals surface area (Å²) >= 11 is 0. The van der Waals surface area contributed by atoms with Crippen molar-refractivity contribution in [3.8, 4) is 0 Å². The number of piperidine rings is 1. The first-order valence-corrected chi connectivity index (χ1v) is 8.29. The number of nitrogens with one attached hydrogen (secondary N) is 1. The summed E-state index contributed by atoms with van der Waals surface area (Å²) in [6.45, 7) is 7.54. The number of carbonyl (C=O) groups excluding carboxylic acids is 1. The van der Waals surface area contributed by atoms with E-state index in [9.17, 15) is 9.90 Å². The van der Waals surface area contributed by atoms with Crippen LogP contribution in [0.2, 0.25) is 0 Å². The van der Waals surface area contributed by atoms with Crippen molar-refractivity contribution in [2.24, 2.45) is 0 Å². The summed E-state index contributed by atoms with van der Waals surface area (Å²) < 4.78 is 5.40. The summed E-state index contributed by atoms with van der Waals surface area (Å²) in [5, 5.41) is 13.6. The van der Waals surface area contributed by atoms with Gasteiger partial charge in [-0.3, -0.25) is 0 Å². The first-order chi connectivity index (χ1) is 10.8. The molecule has 1 amide bonds. The van der Waals surface area contributed by atoms with Gasteiger partial charge in [0.1, 0.15) is 5.60 Å². The van der Waals surface area contributed by atoms with Gasteiger partial charge in [-0.25, -0.2) is 4.79 Å². The number of amides is 1. The molecule has 1 saturated heterocycles. The lowest BCUT2D eigenvalue weighted by Gasteiger charge is -2.34. The third-order valence-corrected chi connectivity index (χ3v) is 3.93. The summed E-state index contributed by atoms with van der Waals surface area (Å²) in [4.78, 5) is 13.8. The van der Waals surface area contributed by atoms with Crippen LogP contribution in [0, 0.1) is 0 Å². The average Bonchev–Trinajstić information content (AvgIpc) is 2.52. The van der Waals surface area contributed by atoms with Crippen molar-refractivity contribution in [3.05, 3.63) is 35.9 Å². The van der Waals surface area contributed by atoms with Gasteiger partial charge in [0.2, 0.25) is 0 Å². The number of rotatable bonds is 4. The highest BCUT2D eigenvalue weighted by atomic mass is 16.6. The van der Waals surface area contributed by atoms with Gasteiger partial charge in [0, 0.05) is 25.7 Å². The highest BCUT2D eigenvalue weighted by Gasteiger charge is 2.26. The van der Waals surface area contributed by atoms with Gasteiger partial charge in [-0.2, -0.15) is 0 Å². The van der Waals surface area contributed by atoms with Crippen molar-refractivity contribution in [2.45, 2.75) is 51.4 Å². The predicted molar refractivity (Wildman–Crippen MR) is 90.2 cm³/mol. The minimum atomic E-state index is -0.500. The fourth-order valence-corrected chi connectivity index (χ4v) is 2.66. The molecule has 23 heavy (non-hydrogen) atoms. The molecule has 0 radical (unpaired) electrons. The van der Waals surface area contributed by atoms with Gasteiger partial charge in [0.15, 0.2) is 0 Å². The van der Waals surface area contributed by atoms with Gasteiger partial charge >= 0.3 is 6.09 Å². The molecule has 1 fully saturated rings. The van der Waals surface area contributed by atoms with Crippen LogP contribution >= 0.6 is 0 Å². The maximum absolute atomic E-state index is 12.0. The second-order valence-corrected chi connectivity index (χ2v) is 7.08. The first kappa shape index (κ1) is 17.8. The lowest BCUT2D eigenvalue weighted by molar-refractivity contribution is 0.0194. The molecule has 1 unspecified atom stereocenters. The average molecular weight is 320 g/mol. The molecule has 0 aliphatic carbocycles. The SMILES string of the molecule is CC(C)(C)OC(=O)N1CCC(NCC(O)c2ccccc2)CC1. The maximum Gasteiger partial charge on any atom is 0.410 e. The Morgan fingerprint density at radius 1 is 1.30 bits per heavy atom. The molecule has 0 spiro atoms. The predicted octanol–water partition coefficient (Wildman–Crippen LogP) is 2.71. The van der Waals surface area contributed by atoms with Crippen LogP contribution in [0.4, 0.5) is 4.79 Å². The van der Waals surface area contributed by atoms with Crippen LogP contribution in [0.25, 0.3) is 0 Å². The number of hydrogen-bond acceptors (Lipinski definition) is 4. The third-order valence-electron chi connectivity index (χ3n) is 3.93. The van der Waals surface area contributed by atoms with E-state index in [0.717, 1.165) is 18.4 Å². The molecule has 2 rings (SSSR count). The molecule has 1 aliphatic heterocycles. The molecule has 2 N–H and O–H groups in total. The van der Waals surface area contributed by atoms with Crippen LogP contribution in [0.15, 0.2) is 30.3 Å². The molecule has 1 aromatic carbocycles. The fraction of sp³-hybridized carbons (Fsp3) is 0.611. The Labute approximate surface area is 138 Å². The van der Waals surface area contributed by atoms with Crippen molar-refractivity contribution in [1.29, 1.82) is 0 Å². The van der Waals surface area contributed by atoms with Crippen molar-refractivity contribution >= 4 is 6.09 Å². The van der Waals surface area contributed by atoms with Gasteiger partial charge in [0.25, 0.3) is 0 Å². The van der Waals surface area contributed by atoms with Crippen LogP contribution in [-0.4, -0.2) is 47.4 Å². The van der Waals surface area contributed by atoms with Crippen molar-refractivity contribution < 1.29 is 14.6 Å². The van der Waals surface area contributed by atoms with E-state index in [1.165, 1.54) is 0 Å². The Balaban J connectivity index is 1.72. The number of ether oxygens (including phenoxy) is 1. The summed E-state index contributed by atoms with van der Waals surface area (Å²) in [5.74, 6) is 0. The summed E-state index contributed by atoms with van der Waals surface area (Å²) in [5.41, 5.74) is 0.470. The minimum absolute atomic E-state index is 0.236. The van der Waals surface area contributed by atoms with Gasteiger partial charge in [-0.15, -0.1) is 0 Å². The smallest absolute Gasteiger partial charge is 0.410 e. The second-order valence-electron chi connectivity index (χ2n) is 7.08. The quantitative estimate of drug-likeness (QED) is 0.895. The van der Waals surface area contributed by atoms with Gasteiger partial charge in [0.05, 0.1) is 6.10 Å².